The number of rotatable bonds is 4. The van der Waals surface area contributed by atoms with Gasteiger partial charge in [-0.15, -0.1) is 6.58 Å². The summed E-state index contributed by atoms with van der Waals surface area (Å²) in [6.45, 7) is 6.90. The van der Waals surface area contributed by atoms with Crippen molar-refractivity contribution in [2.24, 2.45) is 11.8 Å². The first-order valence-electron chi connectivity index (χ1n) is 7.82. The number of hydrogen-bond acceptors (Lipinski definition) is 2. The first-order valence-corrected chi connectivity index (χ1v) is 8.62. The van der Waals surface area contributed by atoms with Crippen LogP contribution in [-0.2, 0) is 0 Å². The van der Waals surface area contributed by atoms with Gasteiger partial charge in [-0.3, -0.25) is 4.90 Å². The number of urea groups is 1. The van der Waals surface area contributed by atoms with Gasteiger partial charge in [0.2, 0.25) is 0 Å². The van der Waals surface area contributed by atoms with Gasteiger partial charge in [-0.2, -0.15) is 0 Å². The number of hydrogen-bond donors (Lipinski definition) is 2. The molecule has 1 aromatic carbocycles. The summed E-state index contributed by atoms with van der Waals surface area (Å²) < 4.78 is 1.00. The molecule has 0 aromatic heterocycles. The lowest BCUT2D eigenvalue weighted by Crippen LogP contribution is -2.56. The van der Waals surface area contributed by atoms with Crippen molar-refractivity contribution in [3.05, 3.63) is 41.4 Å². The number of carbonyl (C=O) groups is 1. The Bertz CT molecular complexity index is 545. The summed E-state index contributed by atoms with van der Waals surface area (Å²) in [5.41, 5.74) is 0.804. The van der Waals surface area contributed by atoms with Crippen LogP contribution >= 0.6 is 15.9 Å². The van der Waals surface area contributed by atoms with Crippen LogP contribution in [0, 0.1) is 11.8 Å². The molecule has 3 aliphatic rings. The molecule has 4 nitrogen and oxygen atoms in total. The predicted molar refractivity (Wildman–Crippen MR) is 92.9 cm³/mol. The molecule has 3 fully saturated rings. The van der Waals surface area contributed by atoms with E-state index in [1.165, 1.54) is 6.42 Å². The van der Waals surface area contributed by atoms with Gasteiger partial charge in [0.25, 0.3) is 0 Å². The lowest BCUT2D eigenvalue weighted by molar-refractivity contribution is 0.0209. The number of nitrogens with zero attached hydrogens (tertiary/aromatic N) is 1. The molecule has 22 heavy (non-hydrogen) atoms. The molecule has 0 radical (unpaired) electrons. The van der Waals surface area contributed by atoms with Crippen molar-refractivity contribution < 1.29 is 4.79 Å². The van der Waals surface area contributed by atoms with Gasteiger partial charge in [0.05, 0.1) is 0 Å². The predicted octanol–water partition coefficient (Wildman–Crippen LogP) is 3.47. The summed E-state index contributed by atoms with van der Waals surface area (Å²) in [6.07, 6.45) is 4.52. The van der Waals surface area contributed by atoms with E-state index in [0.29, 0.717) is 18.5 Å². The zero-order chi connectivity index (χ0) is 15.5. The van der Waals surface area contributed by atoms with Gasteiger partial charge in [0.15, 0.2) is 0 Å². The maximum atomic E-state index is 12.0. The number of benzene rings is 1. The zero-order valence-electron chi connectivity index (χ0n) is 12.6. The maximum Gasteiger partial charge on any atom is 0.319 e. The Morgan fingerprint density at radius 1 is 1.41 bits per heavy atom. The minimum atomic E-state index is -0.134. The van der Waals surface area contributed by atoms with Gasteiger partial charge in [-0.25, -0.2) is 4.79 Å². The Morgan fingerprint density at radius 3 is 2.82 bits per heavy atom. The molecule has 3 aliphatic heterocycles. The van der Waals surface area contributed by atoms with Gasteiger partial charge >= 0.3 is 6.03 Å². The van der Waals surface area contributed by atoms with Gasteiger partial charge in [0.1, 0.15) is 0 Å². The summed E-state index contributed by atoms with van der Waals surface area (Å²) in [5.74, 6) is 1.37. The minimum absolute atomic E-state index is 0.134. The second-order valence-electron chi connectivity index (χ2n) is 6.17. The molecule has 3 saturated heterocycles. The molecule has 0 saturated carbocycles. The number of piperidine rings is 3. The van der Waals surface area contributed by atoms with Gasteiger partial charge in [-0.1, -0.05) is 22.0 Å². The van der Waals surface area contributed by atoms with Crippen molar-refractivity contribution in [1.82, 2.24) is 10.2 Å². The lowest BCUT2D eigenvalue weighted by Gasteiger charge is -2.49. The summed E-state index contributed by atoms with van der Waals surface area (Å²) in [7, 11) is 0. The first kappa shape index (κ1) is 15.6. The van der Waals surface area contributed by atoms with Crippen LogP contribution < -0.4 is 10.6 Å². The molecule has 3 heterocycles. The van der Waals surface area contributed by atoms with Crippen molar-refractivity contribution in [3.8, 4) is 0 Å². The molecule has 2 bridgehead atoms. The molecule has 0 spiro atoms. The van der Waals surface area contributed by atoms with Crippen LogP contribution in [0.5, 0.6) is 0 Å². The Morgan fingerprint density at radius 2 is 2.18 bits per heavy atom. The van der Waals surface area contributed by atoms with E-state index in [2.05, 4.69) is 44.1 Å². The summed E-state index contributed by atoms with van der Waals surface area (Å²) in [5, 5.41) is 5.87. The zero-order valence-corrected chi connectivity index (χ0v) is 14.2. The smallest absolute Gasteiger partial charge is 0.319 e. The van der Waals surface area contributed by atoms with Crippen molar-refractivity contribution >= 4 is 27.6 Å². The van der Waals surface area contributed by atoms with Crippen LogP contribution in [0.3, 0.4) is 0 Å². The molecule has 2 amide bonds. The number of fused-ring (bicyclic) bond motifs is 3. The second kappa shape index (κ2) is 6.84. The van der Waals surface area contributed by atoms with E-state index in [1.54, 1.807) is 0 Å². The van der Waals surface area contributed by atoms with Crippen LogP contribution in [0.2, 0.25) is 0 Å². The van der Waals surface area contributed by atoms with Crippen molar-refractivity contribution in [3.63, 3.8) is 0 Å². The average molecular weight is 364 g/mol. The number of nitrogens with one attached hydrogen (secondary N) is 2. The quantitative estimate of drug-likeness (QED) is 0.804. The van der Waals surface area contributed by atoms with Crippen LogP contribution in [0.25, 0.3) is 0 Å². The highest BCUT2D eigenvalue weighted by molar-refractivity contribution is 9.10. The largest absolute Gasteiger partial charge is 0.336 e. The van der Waals surface area contributed by atoms with Crippen LogP contribution in [-0.4, -0.2) is 36.6 Å². The highest BCUT2D eigenvalue weighted by Crippen LogP contribution is 2.36. The first-order chi connectivity index (χ1) is 10.7. The highest BCUT2D eigenvalue weighted by atomic mass is 79.9. The molecule has 1 unspecified atom stereocenters. The Kier molecular flexibility index (Phi) is 4.84. The summed E-state index contributed by atoms with van der Waals surface area (Å²) in [6, 6.07) is 7.92. The normalized spacial score (nSPS) is 29.9. The highest BCUT2D eigenvalue weighted by Gasteiger charge is 2.38. The maximum absolute atomic E-state index is 12.0. The number of carbonyl (C=O) groups excluding carboxylic acids is 1. The average Bonchev–Trinajstić information content (AvgIpc) is 2.55. The van der Waals surface area contributed by atoms with Crippen molar-refractivity contribution in [2.45, 2.75) is 18.9 Å². The third kappa shape index (κ3) is 3.52. The molecule has 2 N–H and O–H groups in total. The molecule has 1 aromatic rings. The van der Waals surface area contributed by atoms with Gasteiger partial charge in [-0.05, 0) is 55.5 Å². The standard InChI is InChI=1S/C17H22BrN3O/c1-2-12-11-21-8-7-13(12)9-16(21)10-19-17(22)20-15-5-3-14(18)4-6-15/h2-6,12-13,16H,1,7-11H2,(H2,19,20,22)/t12-,13-,16+/m0/s1. The van der Waals surface area contributed by atoms with Crippen LogP contribution in [0.15, 0.2) is 41.4 Å². The molecular formula is C17H22BrN3O. The molecular weight excluding hydrogens is 342 g/mol. The van der Waals surface area contributed by atoms with E-state index in [0.717, 1.165) is 35.6 Å². The Balaban J connectivity index is 1.47. The number of anilines is 1. The summed E-state index contributed by atoms with van der Waals surface area (Å²) >= 11 is 3.38. The SMILES string of the molecule is C=C[C@H]1CN2CC[C@H]1C[C@@H]2CNC(=O)Nc1ccc(Br)cc1. The minimum Gasteiger partial charge on any atom is -0.336 e. The van der Waals surface area contributed by atoms with E-state index in [1.807, 2.05) is 24.3 Å². The fourth-order valence-corrected chi connectivity index (χ4v) is 3.84. The van der Waals surface area contributed by atoms with E-state index in [-0.39, 0.29) is 6.03 Å². The Hall–Kier alpha value is -1.33. The number of halogens is 1. The molecule has 118 valence electrons. The fourth-order valence-electron chi connectivity index (χ4n) is 3.58. The molecule has 0 aliphatic carbocycles. The Labute approximate surface area is 140 Å². The molecule has 4 atom stereocenters. The second-order valence-corrected chi connectivity index (χ2v) is 7.09. The lowest BCUT2D eigenvalue weighted by atomic mass is 9.75. The van der Waals surface area contributed by atoms with Crippen molar-refractivity contribution in [1.29, 1.82) is 0 Å². The van der Waals surface area contributed by atoms with Gasteiger partial charge < -0.3 is 10.6 Å². The third-order valence-electron chi connectivity index (χ3n) is 4.83. The van der Waals surface area contributed by atoms with E-state index < -0.39 is 0 Å². The van der Waals surface area contributed by atoms with Crippen LogP contribution in [0.4, 0.5) is 10.5 Å². The summed E-state index contributed by atoms with van der Waals surface area (Å²) in [4.78, 5) is 14.5. The molecule has 5 heteroatoms. The third-order valence-corrected chi connectivity index (χ3v) is 5.36. The van der Waals surface area contributed by atoms with Crippen molar-refractivity contribution in [2.75, 3.05) is 25.0 Å². The monoisotopic (exact) mass is 363 g/mol. The van der Waals surface area contributed by atoms with E-state index in [4.69, 9.17) is 0 Å². The van der Waals surface area contributed by atoms with Crippen LogP contribution in [0.1, 0.15) is 12.8 Å². The van der Waals surface area contributed by atoms with E-state index >= 15 is 0 Å². The van der Waals surface area contributed by atoms with E-state index in [9.17, 15) is 4.79 Å². The number of amides is 2. The molecule has 4 rings (SSSR count). The topological polar surface area (TPSA) is 44.4 Å². The van der Waals surface area contributed by atoms with Gasteiger partial charge in [0, 0.05) is 29.3 Å². The fraction of sp³-hybridized carbons (Fsp3) is 0.471.